The highest BCUT2D eigenvalue weighted by Crippen LogP contribution is 2.23. The number of alkyl carbamates (subject to hydrolysis) is 1. The van der Waals surface area contributed by atoms with Gasteiger partial charge in [0, 0.05) is 6.42 Å². The van der Waals surface area contributed by atoms with Crippen molar-refractivity contribution in [2.45, 2.75) is 38.1 Å². The molecule has 2 unspecified atom stereocenters. The van der Waals surface area contributed by atoms with Crippen LogP contribution in [-0.4, -0.2) is 53.3 Å². The van der Waals surface area contributed by atoms with Gasteiger partial charge in [0.2, 0.25) is 5.91 Å². The third-order valence-electron chi connectivity index (χ3n) is 4.99. The summed E-state index contributed by atoms with van der Waals surface area (Å²) in [4.78, 5) is 37.2. The van der Waals surface area contributed by atoms with E-state index in [1.165, 1.54) is 6.92 Å². The van der Waals surface area contributed by atoms with E-state index < -0.39 is 46.3 Å². The predicted octanol–water partition coefficient (Wildman–Crippen LogP) is 1.04. The van der Waals surface area contributed by atoms with Crippen LogP contribution in [0.2, 0.25) is 0 Å². The molecule has 1 saturated heterocycles. The maximum absolute atomic E-state index is 12.8. The predicted molar refractivity (Wildman–Crippen MR) is 113 cm³/mol. The first-order valence-electron chi connectivity index (χ1n) is 9.79. The summed E-state index contributed by atoms with van der Waals surface area (Å²) in [7, 11) is -4.71. The minimum atomic E-state index is -4.71. The van der Waals surface area contributed by atoms with Crippen LogP contribution < -0.4 is 10.6 Å². The number of amides is 3. The van der Waals surface area contributed by atoms with Crippen molar-refractivity contribution in [3.05, 3.63) is 71.8 Å². The minimum absolute atomic E-state index is 0.00775. The van der Waals surface area contributed by atoms with Crippen molar-refractivity contribution in [3.63, 3.8) is 0 Å². The number of rotatable bonds is 8. The first-order chi connectivity index (χ1) is 15.2. The fraction of sp³-hybridized carbons (Fsp3) is 0.286. The highest BCUT2D eigenvalue weighted by atomic mass is 32.2. The van der Waals surface area contributed by atoms with Crippen LogP contribution in [0, 0.1) is 0 Å². The summed E-state index contributed by atoms with van der Waals surface area (Å²) in [6, 6.07) is 14.7. The average Bonchev–Trinajstić information content (AvgIpc) is 2.76. The van der Waals surface area contributed by atoms with Gasteiger partial charge in [-0.1, -0.05) is 60.7 Å². The van der Waals surface area contributed by atoms with Gasteiger partial charge in [-0.3, -0.25) is 14.1 Å². The van der Waals surface area contributed by atoms with Crippen molar-refractivity contribution in [2.75, 3.05) is 0 Å². The first kappa shape index (κ1) is 23.2. The summed E-state index contributed by atoms with van der Waals surface area (Å²) in [6.07, 6.45) is -0.706. The zero-order valence-corrected chi connectivity index (χ0v) is 18.0. The number of nitrogens with one attached hydrogen (secondary N) is 2. The van der Waals surface area contributed by atoms with Crippen molar-refractivity contribution in [1.82, 2.24) is 14.9 Å². The summed E-state index contributed by atoms with van der Waals surface area (Å²) < 4.78 is 37.1. The second-order valence-corrected chi connectivity index (χ2v) is 8.58. The third kappa shape index (κ3) is 5.62. The highest BCUT2D eigenvalue weighted by Gasteiger charge is 2.51. The number of carbonyl (C=O) groups excluding carboxylic acids is 3. The topological polar surface area (TPSA) is 142 Å². The zero-order chi connectivity index (χ0) is 23.3. The van der Waals surface area contributed by atoms with Crippen molar-refractivity contribution >= 4 is 28.2 Å². The van der Waals surface area contributed by atoms with E-state index in [1.54, 1.807) is 54.6 Å². The Morgan fingerprint density at radius 3 is 2.16 bits per heavy atom. The molecule has 2 aromatic carbocycles. The molecule has 1 aliphatic heterocycles. The molecule has 0 spiro atoms. The van der Waals surface area contributed by atoms with Crippen molar-refractivity contribution in [2.24, 2.45) is 0 Å². The monoisotopic (exact) mass is 461 g/mol. The lowest BCUT2D eigenvalue weighted by Crippen LogP contribution is -2.71. The normalized spacial score (nSPS) is 18.9. The number of β-lactam (4-membered cyclic amide) rings is 1. The number of nitrogens with zero attached hydrogens (tertiary/aromatic N) is 1. The number of benzene rings is 2. The molecule has 170 valence electrons. The fourth-order valence-electron chi connectivity index (χ4n) is 3.32. The maximum Gasteiger partial charge on any atom is 0.408 e. The number of hydrogen-bond acceptors (Lipinski definition) is 6. The van der Waals surface area contributed by atoms with Crippen molar-refractivity contribution < 1.29 is 32.1 Å². The molecule has 11 heteroatoms. The number of hydrogen-bond donors (Lipinski definition) is 3. The first-order valence-corrected chi connectivity index (χ1v) is 11.2. The van der Waals surface area contributed by atoms with Crippen LogP contribution >= 0.6 is 0 Å². The van der Waals surface area contributed by atoms with Crippen molar-refractivity contribution in [1.29, 1.82) is 0 Å². The van der Waals surface area contributed by atoms with E-state index in [0.717, 1.165) is 11.1 Å². The van der Waals surface area contributed by atoms with Gasteiger partial charge in [0.15, 0.2) is 0 Å². The van der Waals surface area contributed by atoms with Crippen molar-refractivity contribution in [3.8, 4) is 0 Å². The SMILES string of the molecule is CC1C(NC(=O)[C@H](Cc2ccccc2)NC(=O)OCc2ccccc2)C(=O)N1S(=O)(=O)O. The molecule has 0 aliphatic carbocycles. The highest BCUT2D eigenvalue weighted by molar-refractivity contribution is 7.84. The summed E-state index contributed by atoms with van der Waals surface area (Å²) in [5.41, 5.74) is 1.52. The standard InChI is InChI=1S/C21H23N3O7S/c1-14-18(20(26)24(14)32(28,29)30)23-19(25)17(12-15-8-4-2-5-9-15)22-21(27)31-13-16-10-6-3-7-11-16/h2-11,14,17-18H,12-13H2,1H3,(H,22,27)(H,23,25)(H,28,29,30)/t14?,17-,18?/m0/s1. The Labute approximate surface area is 185 Å². The lowest BCUT2D eigenvalue weighted by atomic mass is 9.99. The molecular weight excluding hydrogens is 438 g/mol. The molecule has 2 aromatic rings. The smallest absolute Gasteiger partial charge is 0.408 e. The molecule has 3 atom stereocenters. The molecule has 3 rings (SSSR count). The molecular formula is C21H23N3O7S. The Morgan fingerprint density at radius 2 is 1.62 bits per heavy atom. The van der Waals surface area contributed by atoms with Gasteiger partial charge in [0.1, 0.15) is 18.7 Å². The Hall–Kier alpha value is -3.44. The van der Waals surface area contributed by atoms with Gasteiger partial charge < -0.3 is 15.4 Å². The largest absolute Gasteiger partial charge is 0.445 e. The van der Waals surface area contributed by atoms with E-state index in [-0.39, 0.29) is 17.3 Å². The lowest BCUT2D eigenvalue weighted by Gasteiger charge is -2.42. The summed E-state index contributed by atoms with van der Waals surface area (Å²) in [5.74, 6) is -1.65. The van der Waals surface area contributed by atoms with Gasteiger partial charge >= 0.3 is 16.4 Å². The van der Waals surface area contributed by atoms with E-state index in [4.69, 9.17) is 9.29 Å². The molecule has 1 heterocycles. The summed E-state index contributed by atoms with van der Waals surface area (Å²) in [5, 5.41) is 4.94. The Bertz CT molecular complexity index is 1080. The molecule has 3 N–H and O–H groups in total. The van der Waals surface area contributed by atoms with Crippen LogP contribution in [0.5, 0.6) is 0 Å². The lowest BCUT2D eigenvalue weighted by molar-refractivity contribution is -0.145. The summed E-state index contributed by atoms with van der Waals surface area (Å²) >= 11 is 0. The second-order valence-electron chi connectivity index (χ2n) is 7.29. The molecule has 10 nitrogen and oxygen atoms in total. The Kier molecular flexibility index (Phi) is 7.11. The zero-order valence-electron chi connectivity index (χ0n) is 17.2. The molecule has 0 saturated carbocycles. The molecule has 32 heavy (non-hydrogen) atoms. The Balaban J connectivity index is 1.66. The minimum Gasteiger partial charge on any atom is -0.445 e. The number of ether oxygens (including phenoxy) is 1. The van der Waals surface area contributed by atoms with Crippen LogP contribution in [0.1, 0.15) is 18.1 Å². The molecule has 0 radical (unpaired) electrons. The fourth-order valence-corrected chi connectivity index (χ4v) is 4.21. The van der Waals surface area contributed by atoms with Gasteiger partial charge in [-0.15, -0.1) is 0 Å². The van der Waals surface area contributed by atoms with Crippen LogP contribution in [0.3, 0.4) is 0 Å². The van der Waals surface area contributed by atoms with Crippen LogP contribution in [0.25, 0.3) is 0 Å². The quantitative estimate of drug-likeness (QED) is 0.394. The van der Waals surface area contributed by atoms with E-state index in [0.29, 0.717) is 0 Å². The van der Waals surface area contributed by atoms with Gasteiger partial charge in [0.05, 0.1) is 6.04 Å². The van der Waals surface area contributed by atoms with Gasteiger partial charge in [-0.25, -0.2) is 9.10 Å². The third-order valence-corrected chi connectivity index (χ3v) is 6.00. The van der Waals surface area contributed by atoms with Crippen LogP contribution in [0.15, 0.2) is 60.7 Å². The molecule has 3 amide bonds. The second kappa shape index (κ2) is 9.79. The summed E-state index contributed by atoms with van der Waals surface area (Å²) in [6.45, 7) is 1.38. The number of carbonyl (C=O) groups is 3. The Morgan fingerprint density at radius 1 is 1.06 bits per heavy atom. The van der Waals surface area contributed by atoms with E-state index >= 15 is 0 Å². The van der Waals surface area contributed by atoms with Crippen LogP contribution in [0.4, 0.5) is 4.79 Å². The van der Waals surface area contributed by atoms with E-state index in [1.807, 2.05) is 6.07 Å². The van der Waals surface area contributed by atoms with E-state index in [9.17, 15) is 22.8 Å². The molecule has 1 aliphatic rings. The molecule has 0 aromatic heterocycles. The van der Waals surface area contributed by atoms with E-state index in [2.05, 4.69) is 10.6 Å². The molecule has 1 fully saturated rings. The van der Waals surface area contributed by atoms with Gasteiger partial charge in [0.25, 0.3) is 5.91 Å². The van der Waals surface area contributed by atoms with Crippen LogP contribution in [-0.2, 0) is 37.7 Å². The van der Waals surface area contributed by atoms with Gasteiger partial charge in [-0.05, 0) is 18.1 Å². The van der Waals surface area contributed by atoms with Gasteiger partial charge in [-0.2, -0.15) is 8.42 Å². The maximum atomic E-state index is 12.8. The average molecular weight is 461 g/mol. The molecule has 0 bridgehead atoms.